The van der Waals surface area contributed by atoms with E-state index < -0.39 is 24.2 Å². The van der Waals surface area contributed by atoms with Crippen LogP contribution in [-0.2, 0) is 9.59 Å². The van der Waals surface area contributed by atoms with Gasteiger partial charge in [-0.3, -0.25) is 9.59 Å². The van der Waals surface area contributed by atoms with E-state index in [0.717, 1.165) is 0 Å². The summed E-state index contributed by atoms with van der Waals surface area (Å²) in [6.45, 7) is 7.02. The summed E-state index contributed by atoms with van der Waals surface area (Å²) in [6, 6.07) is -0.614. The van der Waals surface area contributed by atoms with Crippen LogP contribution in [0.5, 0.6) is 0 Å². The Morgan fingerprint density at radius 2 is 1.81 bits per heavy atom. The number of halogens is 3. The predicted octanol–water partition coefficient (Wildman–Crippen LogP) is 2.48. The van der Waals surface area contributed by atoms with Crippen molar-refractivity contribution in [2.24, 2.45) is 5.92 Å². The molecule has 1 atom stereocenters. The topological polar surface area (TPSA) is 49.4 Å². The third-order valence-corrected chi connectivity index (χ3v) is 3.58. The van der Waals surface area contributed by atoms with Gasteiger partial charge in [-0.25, -0.2) is 0 Å². The lowest BCUT2D eigenvalue weighted by Gasteiger charge is -2.44. The molecule has 0 radical (unpaired) electrons. The molecule has 21 heavy (non-hydrogen) atoms. The van der Waals surface area contributed by atoms with Crippen molar-refractivity contribution < 1.29 is 22.8 Å². The fraction of sp³-hybridized carbons (Fsp3) is 0.857. The third kappa shape index (κ3) is 4.61. The highest BCUT2D eigenvalue weighted by Crippen LogP contribution is 2.25. The van der Waals surface area contributed by atoms with Gasteiger partial charge in [0.25, 0.3) is 0 Å². The van der Waals surface area contributed by atoms with Crippen LogP contribution < -0.4 is 5.32 Å². The number of carbonyl (C=O) groups is 2. The van der Waals surface area contributed by atoms with Gasteiger partial charge in [-0.05, 0) is 32.6 Å². The first-order chi connectivity index (χ1) is 9.46. The second kappa shape index (κ2) is 6.23. The highest BCUT2D eigenvalue weighted by Gasteiger charge is 2.45. The maximum atomic E-state index is 12.4. The van der Waals surface area contributed by atoms with Crippen molar-refractivity contribution in [1.82, 2.24) is 10.2 Å². The number of unbranched alkanes of at least 4 members (excludes halogenated alkanes) is 1. The number of carbonyl (C=O) groups excluding carboxylic acids is 2. The lowest BCUT2D eigenvalue weighted by molar-refractivity contribution is -0.155. The van der Waals surface area contributed by atoms with E-state index in [1.54, 1.807) is 13.8 Å². The average Bonchev–Trinajstić information content (AvgIpc) is 2.27. The molecule has 1 aliphatic heterocycles. The Morgan fingerprint density at radius 3 is 2.29 bits per heavy atom. The molecular formula is C14H23F3N2O2. The molecule has 0 saturated carbocycles. The standard InChI is InChI=1S/C14H23F3N2O2/c1-9(2)10-11(20)18-13(3,4)12(21)19(10)8-6-5-7-14(15,16)17/h9-10H,5-8H2,1-4H3,(H,18,20). The summed E-state index contributed by atoms with van der Waals surface area (Å²) >= 11 is 0. The number of hydrogen-bond donors (Lipinski definition) is 1. The number of nitrogens with zero attached hydrogens (tertiary/aromatic N) is 1. The number of alkyl halides is 3. The van der Waals surface area contributed by atoms with Crippen LogP contribution in [0.1, 0.15) is 47.0 Å². The third-order valence-electron chi connectivity index (χ3n) is 3.58. The summed E-state index contributed by atoms with van der Waals surface area (Å²) in [6.07, 6.45) is -4.85. The number of amides is 2. The van der Waals surface area contributed by atoms with Gasteiger partial charge in [-0.1, -0.05) is 13.8 Å². The molecule has 2 amide bonds. The first kappa shape index (κ1) is 17.8. The molecule has 7 heteroatoms. The van der Waals surface area contributed by atoms with E-state index >= 15 is 0 Å². The van der Waals surface area contributed by atoms with Crippen molar-refractivity contribution in [2.75, 3.05) is 6.54 Å². The first-order valence-corrected chi connectivity index (χ1v) is 7.15. The van der Waals surface area contributed by atoms with E-state index in [9.17, 15) is 22.8 Å². The minimum atomic E-state index is -4.18. The predicted molar refractivity (Wildman–Crippen MR) is 72.5 cm³/mol. The monoisotopic (exact) mass is 308 g/mol. The normalized spacial score (nSPS) is 22.7. The summed E-state index contributed by atoms with van der Waals surface area (Å²) < 4.78 is 36.4. The minimum Gasteiger partial charge on any atom is -0.340 e. The van der Waals surface area contributed by atoms with Gasteiger partial charge in [0.15, 0.2) is 0 Å². The largest absolute Gasteiger partial charge is 0.389 e. The molecule has 4 nitrogen and oxygen atoms in total. The van der Waals surface area contributed by atoms with Gasteiger partial charge in [0.05, 0.1) is 0 Å². The van der Waals surface area contributed by atoms with Crippen LogP contribution >= 0.6 is 0 Å². The Bertz CT molecular complexity index is 406. The number of rotatable bonds is 5. The Hall–Kier alpha value is -1.27. The summed E-state index contributed by atoms with van der Waals surface area (Å²) in [5, 5.41) is 2.67. The Morgan fingerprint density at radius 1 is 1.24 bits per heavy atom. The van der Waals surface area contributed by atoms with E-state index in [1.165, 1.54) is 4.90 Å². The summed E-state index contributed by atoms with van der Waals surface area (Å²) in [5.41, 5.74) is -1.01. The first-order valence-electron chi connectivity index (χ1n) is 7.15. The molecule has 1 unspecified atom stereocenters. The van der Waals surface area contributed by atoms with Gasteiger partial charge in [0.2, 0.25) is 11.8 Å². The molecule has 122 valence electrons. The van der Waals surface area contributed by atoms with Crippen molar-refractivity contribution in [3.63, 3.8) is 0 Å². The van der Waals surface area contributed by atoms with E-state index in [4.69, 9.17) is 0 Å². The van der Waals surface area contributed by atoms with Crippen molar-refractivity contribution in [3.8, 4) is 0 Å². The maximum absolute atomic E-state index is 12.4. The van der Waals surface area contributed by atoms with Gasteiger partial charge >= 0.3 is 6.18 Å². The fourth-order valence-electron chi connectivity index (χ4n) is 2.57. The average molecular weight is 308 g/mol. The maximum Gasteiger partial charge on any atom is 0.389 e. The fourth-order valence-corrected chi connectivity index (χ4v) is 2.57. The van der Waals surface area contributed by atoms with Crippen molar-refractivity contribution in [2.45, 2.75) is 64.7 Å². The molecular weight excluding hydrogens is 285 g/mol. The van der Waals surface area contributed by atoms with Crippen molar-refractivity contribution in [3.05, 3.63) is 0 Å². The smallest absolute Gasteiger partial charge is 0.340 e. The van der Waals surface area contributed by atoms with E-state index in [2.05, 4.69) is 5.32 Å². The minimum absolute atomic E-state index is 0.0415. The molecule has 0 aromatic rings. The molecule has 0 aromatic carbocycles. The van der Waals surface area contributed by atoms with Crippen molar-refractivity contribution >= 4 is 11.8 Å². The summed E-state index contributed by atoms with van der Waals surface area (Å²) in [5.74, 6) is -0.578. The molecule has 0 aromatic heterocycles. The zero-order valence-electron chi connectivity index (χ0n) is 12.9. The highest BCUT2D eigenvalue weighted by molar-refractivity contribution is 5.99. The Balaban J connectivity index is 2.73. The van der Waals surface area contributed by atoms with Crippen LogP contribution in [0.25, 0.3) is 0 Å². The van der Waals surface area contributed by atoms with Crippen LogP contribution in [-0.4, -0.2) is 41.0 Å². The van der Waals surface area contributed by atoms with Crippen LogP contribution in [0.3, 0.4) is 0 Å². The van der Waals surface area contributed by atoms with Gasteiger partial charge in [0, 0.05) is 13.0 Å². The van der Waals surface area contributed by atoms with Gasteiger partial charge < -0.3 is 10.2 Å². The zero-order chi connectivity index (χ0) is 16.4. The van der Waals surface area contributed by atoms with Crippen LogP contribution in [0.2, 0.25) is 0 Å². The van der Waals surface area contributed by atoms with E-state index in [1.807, 2.05) is 13.8 Å². The van der Waals surface area contributed by atoms with E-state index in [0.29, 0.717) is 0 Å². The van der Waals surface area contributed by atoms with Crippen LogP contribution in [0.4, 0.5) is 13.2 Å². The lowest BCUT2D eigenvalue weighted by Crippen LogP contribution is -2.69. The summed E-state index contributed by atoms with van der Waals surface area (Å²) in [4.78, 5) is 25.9. The molecule has 1 saturated heterocycles. The van der Waals surface area contributed by atoms with Gasteiger partial charge in [0.1, 0.15) is 11.6 Å². The molecule has 1 heterocycles. The second-order valence-corrected chi connectivity index (χ2v) is 6.37. The molecule has 1 N–H and O–H groups in total. The number of hydrogen-bond acceptors (Lipinski definition) is 2. The van der Waals surface area contributed by atoms with Crippen LogP contribution in [0, 0.1) is 5.92 Å². The highest BCUT2D eigenvalue weighted by atomic mass is 19.4. The molecule has 0 spiro atoms. The van der Waals surface area contributed by atoms with Crippen molar-refractivity contribution in [1.29, 1.82) is 0 Å². The van der Waals surface area contributed by atoms with Crippen LogP contribution in [0.15, 0.2) is 0 Å². The van der Waals surface area contributed by atoms with Gasteiger partial charge in [-0.2, -0.15) is 13.2 Å². The Labute approximate surface area is 123 Å². The molecule has 1 rings (SSSR count). The second-order valence-electron chi connectivity index (χ2n) is 6.37. The number of piperazine rings is 1. The Kier molecular flexibility index (Phi) is 5.28. The molecule has 1 aliphatic rings. The quantitative estimate of drug-likeness (QED) is 0.793. The molecule has 0 bridgehead atoms. The van der Waals surface area contributed by atoms with E-state index in [-0.39, 0.29) is 37.1 Å². The lowest BCUT2D eigenvalue weighted by atomic mass is 9.91. The summed E-state index contributed by atoms with van der Waals surface area (Å²) in [7, 11) is 0. The van der Waals surface area contributed by atoms with Gasteiger partial charge in [-0.15, -0.1) is 0 Å². The molecule has 1 fully saturated rings. The zero-order valence-corrected chi connectivity index (χ0v) is 12.9. The SMILES string of the molecule is CC(C)C1C(=O)NC(C)(C)C(=O)N1CCCCC(F)(F)F. The molecule has 0 aliphatic carbocycles. The number of nitrogens with one attached hydrogen (secondary N) is 1.